The smallest absolute Gasteiger partial charge is 0.152 e. The van der Waals surface area contributed by atoms with Gasteiger partial charge in [0.15, 0.2) is 5.78 Å². The largest absolute Gasteiger partial charge is 0.497 e. The minimum Gasteiger partial charge on any atom is -0.497 e. The van der Waals surface area contributed by atoms with Crippen molar-refractivity contribution in [3.63, 3.8) is 0 Å². The lowest BCUT2D eigenvalue weighted by Gasteiger charge is -2.25. The topological polar surface area (TPSA) is 56.6 Å². The Kier molecular flexibility index (Phi) is 6.21. The molecule has 1 fully saturated rings. The highest BCUT2D eigenvalue weighted by Crippen LogP contribution is 2.26. The van der Waals surface area contributed by atoms with Crippen molar-refractivity contribution in [1.29, 1.82) is 0 Å². The molecule has 1 aliphatic heterocycles. The minimum absolute atomic E-state index is 0.0991. The number of ether oxygens (including phenoxy) is 2. The van der Waals surface area contributed by atoms with Gasteiger partial charge in [-0.2, -0.15) is 5.10 Å². The third-order valence-electron chi connectivity index (χ3n) is 5.08. The fraction of sp³-hybridized carbons (Fsp3) is 0.304. The maximum atomic E-state index is 13.8. The van der Waals surface area contributed by atoms with E-state index in [0.29, 0.717) is 31.0 Å². The standard InChI is InChI=1S/C23H24FN3O3/c1-29-22-7-5-20(6-8-22)27-23(17-3-2-4-18(24)13-17)15-19(25-27)14-21(28)16-26-9-11-30-12-10-26/h2-8,13,15H,9-12,14,16H2,1H3. The van der Waals surface area contributed by atoms with Crippen LogP contribution in [0.1, 0.15) is 5.69 Å². The Morgan fingerprint density at radius 3 is 2.60 bits per heavy atom. The van der Waals surface area contributed by atoms with E-state index in [1.54, 1.807) is 17.9 Å². The number of aromatic nitrogens is 2. The fourth-order valence-electron chi connectivity index (χ4n) is 3.56. The second kappa shape index (κ2) is 9.19. The highest BCUT2D eigenvalue weighted by molar-refractivity contribution is 5.82. The molecule has 0 amide bonds. The van der Waals surface area contributed by atoms with E-state index >= 15 is 0 Å². The van der Waals surface area contributed by atoms with E-state index in [0.717, 1.165) is 30.2 Å². The average molecular weight is 409 g/mol. The molecule has 0 bridgehead atoms. The van der Waals surface area contributed by atoms with Crippen LogP contribution in [0.15, 0.2) is 54.6 Å². The van der Waals surface area contributed by atoms with Crippen LogP contribution in [0.5, 0.6) is 5.75 Å². The van der Waals surface area contributed by atoms with Crippen molar-refractivity contribution in [2.75, 3.05) is 40.0 Å². The van der Waals surface area contributed by atoms with E-state index in [4.69, 9.17) is 9.47 Å². The Balaban J connectivity index is 1.62. The zero-order valence-corrected chi connectivity index (χ0v) is 16.9. The third kappa shape index (κ3) is 4.75. The van der Waals surface area contributed by atoms with Crippen molar-refractivity contribution < 1.29 is 18.7 Å². The molecule has 0 spiro atoms. The van der Waals surface area contributed by atoms with Crippen LogP contribution in [0.2, 0.25) is 0 Å². The summed E-state index contributed by atoms with van der Waals surface area (Å²) in [5.74, 6) is 0.515. The summed E-state index contributed by atoms with van der Waals surface area (Å²) in [6, 6.07) is 15.7. The highest BCUT2D eigenvalue weighted by Gasteiger charge is 2.18. The van der Waals surface area contributed by atoms with Gasteiger partial charge in [0, 0.05) is 18.7 Å². The highest BCUT2D eigenvalue weighted by atomic mass is 19.1. The van der Waals surface area contributed by atoms with Crippen LogP contribution in [0.4, 0.5) is 4.39 Å². The van der Waals surface area contributed by atoms with Gasteiger partial charge in [0.05, 0.1) is 50.4 Å². The first-order valence-electron chi connectivity index (χ1n) is 9.93. The van der Waals surface area contributed by atoms with Crippen molar-refractivity contribution in [3.8, 4) is 22.7 Å². The molecule has 1 aromatic heterocycles. The molecule has 1 saturated heterocycles. The molecule has 6 nitrogen and oxygen atoms in total. The summed E-state index contributed by atoms with van der Waals surface area (Å²) in [7, 11) is 1.61. The Morgan fingerprint density at radius 2 is 1.90 bits per heavy atom. The number of hydrogen-bond acceptors (Lipinski definition) is 5. The molecule has 0 N–H and O–H groups in total. The number of carbonyl (C=O) groups excluding carboxylic acids is 1. The lowest BCUT2D eigenvalue weighted by Crippen LogP contribution is -2.39. The molecule has 2 heterocycles. The number of benzene rings is 2. The van der Waals surface area contributed by atoms with Crippen LogP contribution >= 0.6 is 0 Å². The molecule has 1 aliphatic rings. The van der Waals surface area contributed by atoms with Crippen molar-refractivity contribution in [2.45, 2.75) is 6.42 Å². The quantitative estimate of drug-likeness (QED) is 0.600. The number of morpholine rings is 1. The predicted octanol–water partition coefficient (Wildman–Crippen LogP) is 3.13. The third-order valence-corrected chi connectivity index (χ3v) is 5.08. The zero-order valence-electron chi connectivity index (χ0n) is 16.9. The Morgan fingerprint density at radius 1 is 1.13 bits per heavy atom. The maximum Gasteiger partial charge on any atom is 0.152 e. The number of halogens is 1. The summed E-state index contributed by atoms with van der Waals surface area (Å²) in [4.78, 5) is 14.7. The van der Waals surface area contributed by atoms with Crippen LogP contribution in [0.3, 0.4) is 0 Å². The lowest BCUT2D eigenvalue weighted by atomic mass is 10.1. The molecule has 156 valence electrons. The van der Waals surface area contributed by atoms with Crippen molar-refractivity contribution in [2.24, 2.45) is 0 Å². The molecule has 0 unspecified atom stereocenters. The number of carbonyl (C=O) groups is 1. The molecule has 3 aromatic rings. The SMILES string of the molecule is COc1ccc(-n2nc(CC(=O)CN3CCOCC3)cc2-c2cccc(F)c2)cc1. The van der Waals surface area contributed by atoms with Gasteiger partial charge in [0.1, 0.15) is 11.6 Å². The molecule has 2 aromatic carbocycles. The molecule has 0 aliphatic carbocycles. The Bertz CT molecular complexity index is 1010. The number of nitrogens with zero attached hydrogens (tertiary/aromatic N) is 3. The summed E-state index contributed by atoms with van der Waals surface area (Å²) in [6.45, 7) is 3.22. The molecule has 0 atom stereocenters. The second-order valence-electron chi connectivity index (χ2n) is 7.25. The Hall–Kier alpha value is -3.03. The van der Waals surface area contributed by atoms with Gasteiger partial charge >= 0.3 is 0 Å². The molecule has 30 heavy (non-hydrogen) atoms. The van der Waals surface area contributed by atoms with Gasteiger partial charge in [-0.25, -0.2) is 9.07 Å². The average Bonchev–Trinajstić information content (AvgIpc) is 3.18. The van der Waals surface area contributed by atoms with Crippen LogP contribution in [0, 0.1) is 5.82 Å². The van der Waals surface area contributed by atoms with Crippen molar-refractivity contribution in [3.05, 3.63) is 66.1 Å². The first kappa shape index (κ1) is 20.3. The predicted molar refractivity (Wildman–Crippen MR) is 111 cm³/mol. The minimum atomic E-state index is -0.320. The monoisotopic (exact) mass is 409 g/mol. The van der Waals surface area contributed by atoms with E-state index in [1.165, 1.54) is 12.1 Å². The number of ketones is 1. The van der Waals surface area contributed by atoms with Gasteiger partial charge in [-0.3, -0.25) is 9.69 Å². The maximum absolute atomic E-state index is 13.8. The summed E-state index contributed by atoms with van der Waals surface area (Å²) in [5.41, 5.74) is 2.89. The van der Waals surface area contributed by atoms with Crippen LogP contribution in [0.25, 0.3) is 16.9 Å². The first-order chi connectivity index (χ1) is 14.6. The van der Waals surface area contributed by atoms with Crippen LogP contribution in [-0.2, 0) is 16.0 Å². The number of rotatable bonds is 7. The Labute approximate surface area is 174 Å². The van der Waals surface area contributed by atoms with E-state index in [9.17, 15) is 9.18 Å². The summed E-state index contributed by atoms with van der Waals surface area (Å²) >= 11 is 0. The van der Waals surface area contributed by atoms with Crippen molar-refractivity contribution in [1.82, 2.24) is 14.7 Å². The molecule has 0 saturated carbocycles. The molecular formula is C23H24FN3O3. The van der Waals surface area contributed by atoms with Gasteiger partial charge in [-0.05, 0) is 42.5 Å². The normalized spacial score (nSPS) is 14.6. The van der Waals surface area contributed by atoms with E-state index in [1.807, 2.05) is 36.4 Å². The van der Waals surface area contributed by atoms with Crippen LogP contribution in [-0.4, -0.2) is 60.4 Å². The van der Waals surface area contributed by atoms with Gasteiger partial charge < -0.3 is 9.47 Å². The summed E-state index contributed by atoms with van der Waals surface area (Å²) in [5, 5.41) is 4.66. The van der Waals surface area contributed by atoms with Gasteiger partial charge in [-0.15, -0.1) is 0 Å². The number of hydrogen-bond donors (Lipinski definition) is 0. The summed E-state index contributed by atoms with van der Waals surface area (Å²) < 4.78 is 26.2. The lowest BCUT2D eigenvalue weighted by molar-refractivity contribution is -0.120. The zero-order chi connectivity index (χ0) is 20.9. The molecule has 7 heteroatoms. The summed E-state index contributed by atoms with van der Waals surface area (Å²) in [6.07, 6.45) is 0.225. The van der Waals surface area contributed by atoms with Gasteiger partial charge in [0.25, 0.3) is 0 Å². The van der Waals surface area contributed by atoms with Crippen molar-refractivity contribution >= 4 is 5.78 Å². The fourth-order valence-corrected chi connectivity index (χ4v) is 3.56. The van der Waals surface area contributed by atoms with Gasteiger partial charge in [0.2, 0.25) is 0 Å². The number of methoxy groups -OCH3 is 1. The van der Waals surface area contributed by atoms with Gasteiger partial charge in [-0.1, -0.05) is 12.1 Å². The molecule has 0 radical (unpaired) electrons. The van der Waals surface area contributed by atoms with Crippen LogP contribution < -0.4 is 4.74 Å². The first-order valence-corrected chi connectivity index (χ1v) is 9.93. The number of Topliss-reactive ketones (excluding diaryl/α,β-unsaturated/α-hetero) is 1. The van der Waals surface area contributed by atoms with E-state index in [-0.39, 0.29) is 18.0 Å². The van der Waals surface area contributed by atoms with E-state index in [2.05, 4.69) is 10.00 Å². The van der Waals surface area contributed by atoms with E-state index < -0.39 is 0 Å². The molecular weight excluding hydrogens is 385 g/mol. The molecule has 4 rings (SSSR count). The second-order valence-corrected chi connectivity index (χ2v) is 7.25.